The lowest BCUT2D eigenvalue weighted by Gasteiger charge is -2.25. The highest BCUT2D eigenvalue weighted by atomic mass is 15.2. The van der Waals surface area contributed by atoms with Crippen molar-refractivity contribution in [2.24, 2.45) is 0 Å². The molecule has 0 aromatic carbocycles. The van der Waals surface area contributed by atoms with E-state index in [2.05, 4.69) is 27.1 Å². The molecule has 1 aliphatic heterocycles. The molecule has 2 rings (SSSR count). The summed E-state index contributed by atoms with van der Waals surface area (Å²) in [5.41, 5.74) is 1.04. The van der Waals surface area contributed by atoms with Gasteiger partial charge in [0, 0.05) is 18.3 Å². The van der Waals surface area contributed by atoms with E-state index in [9.17, 15) is 0 Å². The molecule has 4 heteroatoms. The second-order valence-electron chi connectivity index (χ2n) is 4.68. The molecular formula is C13H22N4. The molecule has 1 fully saturated rings. The summed E-state index contributed by atoms with van der Waals surface area (Å²) < 4.78 is 0. The van der Waals surface area contributed by atoms with Crippen LogP contribution in [0.5, 0.6) is 0 Å². The van der Waals surface area contributed by atoms with E-state index in [0.29, 0.717) is 0 Å². The fourth-order valence-electron chi connectivity index (χ4n) is 2.29. The predicted octanol–water partition coefficient (Wildman–Crippen LogP) is 2.20. The Kier molecular flexibility index (Phi) is 4.31. The highest BCUT2D eigenvalue weighted by Gasteiger charge is 2.12. The van der Waals surface area contributed by atoms with E-state index in [0.717, 1.165) is 30.4 Å². The third-order valence-electron chi connectivity index (χ3n) is 3.07. The van der Waals surface area contributed by atoms with Crippen molar-refractivity contribution >= 4 is 5.82 Å². The zero-order valence-electron chi connectivity index (χ0n) is 10.9. The van der Waals surface area contributed by atoms with Crippen LogP contribution in [0.4, 0.5) is 5.82 Å². The zero-order chi connectivity index (χ0) is 12.1. The summed E-state index contributed by atoms with van der Waals surface area (Å²) >= 11 is 0. The highest BCUT2D eigenvalue weighted by Crippen LogP contribution is 2.13. The summed E-state index contributed by atoms with van der Waals surface area (Å²) in [6, 6.07) is 2.00. The summed E-state index contributed by atoms with van der Waals surface area (Å²) in [5.74, 6) is 1.90. The number of nitrogens with zero attached hydrogens (tertiary/aromatic N) is 3. The van der Waals surface area contributed by atoms with Crippen molar-refractivity contribution in [2.45, 2.75) is 39.7 Å². The number of likely N-dealkylation sites (tertiary alicyclic amines) is 1. The maximum Gasteiger partial charge on any atom is 0.144 e. The van der Waals surface area contributed by atoms with Gasteiger partial charge in [-0.25, -0.2) is 9.97 Å². The molecule has 0 radical (unpaired) electrons. The number of rotatable bonds is 4. The zero-order valence-corrected chi connectivity index (χ0v) is 10.9. The molecule has 1 aliphatic rings. The first-order valence-corrected chi connectivity index (χ1v) is 6.58. The number of aryl methyl sites for hydroxylation is 1. The Morgan fingerprint density at radius 2 is 2.00 bits per heavy atom. The lowest BCUT2D eigenvalue weighted by Crippen LogP contribution is -2.30. The van der Waals surface area contributed by atoms with Crippen LogP contribution >= 0.6 is 0 Å². The number of piperidine rings is 1. The van der Waals surface area contributed by atoms with Crippen LogP contribution in [0.15, 0.2) is 6.07 Å². The smallest absolute Gasteiger partial charge is 0.144 e. The van der Waals surface area contributed by atoms with E-state index >= 15 is 0 Å². The Bertz CT molecular complexity index is 358. The van der Waals surface area contributed by atoms with Crippen LogP contribution in [0.1, 0.15) is 37.7 Å². The Morgan fingerprint density at radius 1 is 1.24 bits per heavy atom. The molecule has 1 aromatic heterocycles. The number of aromatic nitrogens is 2. The van der Waals surface area contributed by atoms with Crippen molar-refractivity contribution in [1.29, 1.82) is 0 Å². The van der Waals surface area contributed by atoms with Crippen molar-refractivity contribution < 1.29 is 0 Å². The third-order valence-corrected chi connectivity index (χ3v) is 3.07. The standard InChI is InChI=1S/C13H22N4/c1-3-14-12-9-11(2)15-13(16-12)10-17-7-5-4-6-8-17/h9H,3-8,10H2,1-2H3,(H,14,15,16). The maximum absolute atomic E-state index is 4.55. The van der Waals surface area contributed by atoms with Crippen LogP contribution in [-0.2, 0) is 6.54 Å². The van der Waals surface area contributed by atoms with E-state index in [1.54, 1.807) is 0 Å². The minimum atomic E-state index is 0.889. The van der Waals surface area contributed by atoms with Gasteiger partial charge in [0.15, 0.2) is 0 Å². The molecule has 1 saturated heterocycles. The largest absolute Gasteiger partial charge is 0.370 e. The number of anilines is 1. The Morgan fingerprint density at radius 3 is 2.71 bits per heavy atom. The summed E-state index contributed by atoms with van der Waals surface area (Å²) in [4.78, 5) is 11.5. The molecule has 0 atom stereocenters. The normalized spacial score (nSPS) is 17.1. The fraction of sp³-hybridized carbons (Fsp3) is 0.692. The molecule has 0 unspecified atom stereocenters. The van der Waals surface area contributed by atoms with E-state index in [1.807, 2.05) is 13.0 Å². The van der Waals surface area contributed by atoms with E-state index in [4.69, 9.17) is 0 Å². The molecule has 94 valence electrons. The lowest BCUT2D eigenvalue weighted by atomic mass is 10.1. The van der Waals surface area contributed by atoms with Crippen molar-refractivity contribution in [3.63, 3.8) is 0 Å². The van der Waals surface area contributed by atoms with Gasteiger partial charge in [0.1, 0.15) is 11.6 Å². The Hall–Kier alpha value is -1.16. The van der Waals surface area contributed by atoms with Gasteiger partial charge in [0.25, 0.3) is 0 Å². The van der Waals surface area contributed by atoms with Crippen LogP contribution in [0.3, 0.4) is 0 Å². The van der Waals surface area contributed by atoms with Crippen LogP contribution in [-0.4, -0.2) is 34.5 Å². The minimum Gasteiger partial charge on any atom is -0.370 e. The topological polar surface area (TPSA) is 41.1 Å². The summed E-state index contributed by atoms with van der Waals surface area (Å²) in [6.07, 6.45) is 3.99. The average molecular weight is 234 g/mol. The van der Waals surface area contributed by atoms with Crippen LogP contribution < -0.4 is 5.32 Å². The molecule has 1 aromatic rings. The molecular weight excluding hydrogens is 212 g/mol. The Balaban J connectivity index is 2.03. The first-order chi connectivity index (χ1) is 8.28. The molecule has 17 heavy (non-hydrogen) atoms. The summed E-state index contributed by atoms with van der Waals surface area (Å²) in [5, 5.41) is 3.26. The van der Waals surface area contributed by atoms with Crippen molar-refractivity contribution in [3.8, 4) is 0 Å². The molecule has 0 amide bonds. The van der Waals surface area contributed by atoms with Crippen LogP contribution in [0.25, 0.3) is 0 Å². The number of nitrogens with one attached hydrogen (secondary N) is 1. The molecule has 0 bridgehead atoms. The van der Waals surface area contributed by atoms with Gasteiger partial charge in [0.2, 0.25) is 0 Å². The number of hydrogen-bond donors (Lipinski definition) is 1. The van der Waals surface area contributed by atoms with E-state index in [-0.39, 0.29) is 0 Å². The van der Waals surface area contributed by atoms with Gasteiger partial charge >= 0.3 is 0 Å². The highest BCUT2D eigenvalue weighted by molar-refractivity contribution is 5.35. The SMILES string of the molecule is CCNc1cc(C)nc(CN2CCCCC2)n1. The second-order valence-corrected chi connectivity index (χ2v) is 4.68. The second kappa shape index (κ2) is 5.96. The van der Waals surface area contributed by atoms with E-state index < -0.39 is 0 Å². The monoisotopic (exact) mass is 234 g/mol. The minimum absolute atomic E-state index is 0.889. The fourth-order valence-corrected chi connectivity index (χ4v) is 2.29. The third kappa shape index (κ3) is 3.66. The first kappa shape index (κ1) is 12.3. The van der Waals surface area contributed by atoms with Crippen molar-refractivity contribution in [3.05, 3.63) is 17.6 Å². The van der Waals surface area contributed by atoms with Gasteiger partial charge in [-0.15, -0.1) is 0 Å². The van der Waals surface area contributed by atoms with Gasteiger partial charge in [-0.3, -0.25) is 4.90 Å². The van der Waals surface area contributed by atoms with Gasteiger partial charge < -0.3 is 5.32 Å². The van der Waals surface area contributed by atoms with Crippen LogP contribution in [0, 0.1) is 6.92 Å². The quantitative estimate of drug-likeness (QED) is 0.867. The van der Waals surface area contributed by atoms with Crippen molar-refractivity contribution in [1.82, 2.24) is 14.9 Å². The molecule has 2 heterocycles. The molecule has 4 nitrogen and oxygen atoms in total. The number of hydrogen-bond acceptors (Lipinski definition) is 4. The van der Waals surface area contributed by atoms with Gasteiger partial charge in [-0.1, -0.05) is 6.42 Å². The van der Waals surface area contributed by atoms with Gasteiger partial charge in [-0.2, -0.15) is 0 Å². The maximum atomic E-state index is 4.55. The van der Waals surface area contributed by atoms with Gasteiger partial charge in [0.05, 0.1) is 6.54 Å². The Labute approximate surface area is 103 Å². The molecule has 0 spiro atoms. The van der Waals surface area contributed by atoms with Crippen LogP contribution in [0.2, 0.25) is 0 Å². The molecule has 1 N–H and O–H groups in total. The molecule has 0 saturated carbocycles. The van der Waals surface area contributed by atoms with Crippen molar-refractivity contribution in [2.75, 3.05) is 25.0 Å². The molecule has 0 aliphatic carbocycles. The lowest BCUT2D eigenvalue weighted by molar-refractivity contribution is 0.216. The first-order valence-electron chi connectivity index (χ1n) is 6.58. The van der Waals surface area contributed by atoms with Gasteiger partial charge in [-0.05, 0) is 39.8 Å². The van der Waals surface area contributed by atoms with E-state index in [1.165, 1.54) is 32.4 Å². The average Bonchev–Trinajstić information content (AvgIpc) is 2.30. The summed E-state index contributed by atoms with van der Waals surface area (Å²) in [7, 11) is 0. The summed E-state index contributed by atoms with van der Waals surface area (Å²) in [6.45, 7) is 8.28. The predicted molar refractivity (Wildman–Crippen MR) is 70.1 cm³/mol.